The lowest BCUT2D eigenvalue weighted by atomic mass is 10.2. The zero-order valence-corrected chi connectivity index (χ0v) is 8.30. The summed E-state index contributed by atoms with van der Waals surface area (Å²) in [5.74, 6) is 1.03. The van der Waals surface area contributed by atoms with Gasteiger partial charge in [-0.25, -0.2) is 0 Å². The van der Waals surface area contributed by atoms with E-state index >= 15 is 0 Å². The molecule has 2 heterocycles. The van der Waals surface area contributed by atoms with Crippen molar-refractivity contribution in [1.29, 1.82) is 0 Å². The highest BCUT2D eigenvalue weighted by Crippen LogP contribution is 2.27. The summed E-state index contributed by atoms with van der Waals surface area (Å²) in [5, 5.41) is 3.22. The third kappa shape index (κ3) is 1.73. The average Bonchev–Trinajstić information content (AvgIpc) is 2.76. The van der Waals surface area contributed by atoms with E-state index in [1.54, 1.807) is 11.3 Å². The first kappa shape index (κ1) is 8.72. The van der Waals surface area contributed by atoms with Crippen LogP contribution in [0.2, 0.25) is 0 Å². The van der Waals surface area contributed by atoms with Gasteiger partial charge in [-0.3, -0.25) is 4.98 Å². The average molecular weight is 196 g/mol. The molecule has 0 aliphatic carbocycles. The molecule has 0 amide bonds. The van der Waals surface area contributed by atoms with E-state index in [1.807, 2.05) is 18.8 Å². The first-order valence-electron chi connectivity index (χ1n) is 4.30. The van der Waals surface area contributed by atoms with Crippen molar-refractivity contribution in [3.05, 3.63) is 28.4 Å². The Morgan fingerprint density at radius 2 is 2.62 bits per heavy atom. The van der Waals surface area contributed by atoms with Gasteiger partial charge in [0.25, 0.3) is 0 Å². The van der Waals surface area contributed by atoms with Crippen LogP contribution in [0, 0.1) is 0 Å². The third-order valence-electron chi connectivity index (χ3n) is 2.04. The molecule has 0 fully saturated rings. The SMILES string of the molecule is CNC(C1=CCCO1)c1cncs1. The second-order valence-corrected chi connectivity index (χ2v) is 3.79. The van der Waals surface area contributed by atoms with Gasteiger partial charge in [0.2, 0.25) is 0 Å². The van der Waals surface area contributed by atoms with E-state index in [4.69, 9.17) is 4.74 Å². The number of ether oxygens (including phenoxy) is 1. The minimum atomic E-state index is 0.190. The summed E-state index contributed by atoms with van der Waals surface area (Å²) >= 11 is 1.65. The van der Waals surface area contributed by atoms with Gasteiger partial charge in [0, 0.05) is 17.5 Å². The van der Waals surface area contributed by atoms with Gasteiger partial charge in [-0.05, 0) is 13.1 Å². The minimum Gasteiger partial charge on any atom is -0.496 e. The van der Waals surface area contributed by atoms with Gasteiger partial charge in [0.15, 0.2) is 0 Å². The van der Waals surface area contributed by atoms with Crippen LogP contribution in [0.1, 0.15) is 17.3 Å². The Hall–Kier alpha value is -0.870. The van der Waals surface area contributed by atoms with Crippen LogP contribution in [0.4, 0.5) is 0 Å². The molecular formula is C9H12N2OS. The van der Waals surface area contributed by atoms with Crippen molar-refractivity contribution in [1.82, 2.24) is 10.3 Å². The summed E-state index contributed by atoms with van der Waals surface area (Å²) in [4.78, 5) is 5.26. The lowest BCUT2D eigenvalue weighted by Crippen LogP contribution is -2.17. The van der Waals surface area contributed by atoms with Gasteiger partial charge in [0.1, 0.15) is 11.8 Å². The molecule has 1 atom stereocenters. The van der Waals surface area contributed by atoms with Crippen LogP contribution in [-0.2, 0) is 4.74 Å². The molecule has 0 spiro atoms. The maximum absolute atomic E-state index is 5.51. The summed E-state index contributed by atoms with van der Waals surface area (Å²) < 4.78 is 5.51. The zero-order chi connectivity index (χ0) is 9.10. The van der Waals surface area contributed by atoms with Gasteiger partial charge in [0.05, 0.1) is 12.1 Å². The number of nitrogens with zero attached hydrogens (tertiary/aromatic N) is 1. The van der Waals surface area contributed by atoms with E-state index in [0.717, 1.165) is 18.8 Å². The molecule has 1 N–H and O–H groups in total. The Morgan fingerprint density at radius 1 is 1.69 bits per heavy atom. The van der Waals surface area contributed by atoms with Crippen molar-refractivity contribution in [3.63, 3.8) is 0 Å². The van der Waals surface area contributed by atoms with E-state index < -0.39 is 0 Å². The molecule has 1 aliphatic heterocycles. The Balaban J connectivity index is 2.18. The molecular weight excluding hydrogens is 184 g/mol. The number of thiazole rings is 1. The van der Waals surface area contributed by atoms with E-state index in [0.29, 0.717) is 0 Å². The molecule has 1 aromatic heterocycles. The number of hydrogen-bond donors (Lipinski definition) is 1. The largest absolute Gasteiger partial charge is 0.496 e. The van der Waals surface area contributed by atoms with Crippen LogP contribution < -0.4 is 5.32 Å². The van der Waals surface area contributed by atoms with Crippen molar-refractivity contribution in [2.24, 2.45) is 0 Å². The third-order valence-corrected chi connectivity index (χ3v) is 2.88. The summed E-state index contributed by atoms with van der Waals surface area (Å²) in [6.45, 7) is 0.812. The predicted octanol–water partition coefficient (Wildman–Crippen LogP) is 1.71. The quantitative estimate of drug-likeness (QED) is 0.799. The van der Waals surface area contributed by atoms with Crippen LogP contribution in [0.25, 0.3) is 0 Å². The van der Waals surface area contributed by atoms with Crippen molar-refractivity contribution in [3.8, 4) is 0 Å². The molecule has 3 nitrogen and oxygen atoms in total. The van der Waals surface area contributed by atoms with Crippen molar-refractivity contribution in [2.45, 2.75) is 12.5 Å². The van der Waals surface area contributed by atoms with Gasteiger partial charge in [-0.1, -0.05) is 0 Å². The molecule has 0 saturated heterocycles. The number of rotatable bonds is 3. The van der Waals surface area contributed by atoms with Gasteiger partial charge in [-0.15, -0.1) is 11.3 Å². The fraction of sp³-hybridized carbons (Fsp3) is 0.444. The fourth-order valence-corrected chi connectivity index (χ4v) is 2.17. The molecule has 1 unspecified atom stereocenters. The molecule has 0 radical (unpaired) electrons. The van der Waals surface area contributed by atoms with E-state index in [-0.39, 0.29) is 6.04 Å². The second-order valence-electron chi connectivity index (χ2n) is 2.87. The Labute approximate surface area is 81.4 Å². The maximum Gasteiger partial charge on any atom is 0.114 e. The molecule has 0 bridgehead atoms. The molecule has 1 aliphatic rings. The highest BCUT2D eigenvalue weighted by molar-refractivity contribution is 7.09. The lowest BCUT2D eigenvalue weighted by molar-refractivity contribution is 0.219. The van der Waals surface area contributed by atoms with E-state index in [2.05, 4.69) is 16.4 Å². The van der Waals surface area contributed by atoms with Crippen LogP contribution in [0.3, 0.4) is 0 Å². The van der Waals surface area contributed by atoms with Crippen LogP contribution in [0.5, 0.6) is 0 Å². The number of likely N-dealkylation sites (N-methyl/N-ethyl adjacent to an activating group) is 1. The van der Waals surface area contributed by atoms with Gasteiger partial charge in [-0.2, -0.15) is 0 Å². The zero-order valence-electron chi connectivity index (χ0n) is 7.49. The fourth-order valence-electron chi connectivity index (χ4n) is 1.43. The molecule has 70 valence electrons. The Kier molecular flexibility index (Phi) is 2.61. The molecule has 13 heavy (non-hydrogen) atoms. The lowest BCUT2D eigenvalue weighted by Gasteiger charge is -2.14. The molecule has 1 aromatic rings. The van der Waals surface area contributed by atoms with Crippen molar-refractivity contribution < 1.29 is 4.74 Å². The molecule has 0 aromatic carbocycles. The maximum atomic E-state index is 5.51. The van der Waals surface area contributed by atoms with Crippen LogP contribution in [-0.4, -0.2) is 18.6 Å². The standard InChI is InChI=1S/C9H12N2OS/c1-10-9(7-3-2-4-12-7)8-5-11-6-13-8/h3,5-6,9-10H,2,4H2,1H3. The van der Waals surface area contributed by atoms with Crippen molar-refractivity contribution >= 4 is 11.3 Å². The summed E-state index contributed by atoms with van der Waals surface area (Å²) in [6.07, 6.45) is 5.04. The van der Waals surface area contributed by atoms with Gasteiger partial charge < -0.3 is 10.1 Å². The normalized spacial score (nSPS) is 18.1. The number of aromatic nitrogens is 1. The van der Waals surface area contributed by atoms with Gasteiger partial charge >= 0.3 is 0 Å². The first-order valence-corrected chi connectivity index (χ1v) is 5.18. The minimum absolute atomic E-state index is 0.190. The molecule has 0 saturated carbocycles. The number of nitrogens with one attached hydrogen (secondary N) is 1. The highest BCUT2D eigenvalue weighted by Gasteiger charge is 2.19. The molecule has 2 rings (SSSR count). The summed E-state index contributed by atoms with van der Waals surface area (Å²) in [7, 11) is 1.94. The second kappa shape index (κ2) is 3.89. The van der Waals surface area contributed by atoms with Crippen LogP contribution >= 0.6 is 11.3 Å². The Morgan fingerprint density at radius 3 is 3.15 bits per heavy atom. The predicted molar refractivity (Wildman–Crippen MR) is 52.6 cm³/mol. The monoisotopic (exact) mass is 196 g/mol. The Bertz CT molecular complexity index is 295. The van der Waals surface area contributed by atoms with Crippen molar-refractivity contribution in [2.75, 3.05) is 13.7 Å². The first-order chi connectivity index (χ1) is 6.42. The topological polar surface area (TPSA) is 34.1 Å². The summed E-state index contributed by atoms with van der Waals surface area (Å²) in [6, 6.07) is 0.190. The van der Waals surface area contributed by atoms with E-state index in [9.17, 15) is 0 Å². The number of hydrogen-bond acceptors (Lipinski definition) is 4. The van der Waals surface area contributed by atoms with E-state index in [1.165, 1.54) is 4.88 Å². The summed E-state index contributed by atoms with van der Waals surface area (Å²) in [5.41, 5.74) is 1.84. The smallest absolute Gasteiger partial charge is 0.114 e. The highest BCUT2D eigenvalue weighted by atomic mass is 32.1. The molecule has 4 heteroatoms. The van der Waals surface area contributed by atoms with Crippen LogP contribution in [0.15, 0.2) is 23.5 Å².